The second-order valence-electron chi connectivity index (χ2n) is 12.8. The van der Waals surface area contributed by atoms with Crippen LogP contribution in [0.5, 0.6) is 0 Å². The van der Waals surface area contributed by atoms with Crippen molar-refractivity contribution in [2.24, 2.45) is 7.05 Å². The Balaban J connectivity index is 1.43. The van der Waals surface area contributed by atoms with Gasteiger partial charge in [-0.15, -0.1) is 5.92 Å². The van der Waals surface area contributed by atoms with E-state index in [1.807, 2.05) is 86.3 Å². The van der Waals surface area contributed by atoms with Gasteiger partial charge in [-0.3, -0.25) is 23.5 Å². The van der Waals surface area contributed by atoms with Crippen molar-refractivity contribution in [3.8, 4) is 23.1 Å². The second-order valence-corrected chi connectivity index (χ2v) is 12.8. The number of carbonyl (C=O) groups is 1. The van der Waals surface area contributed by atoms with Gasteiger partial charge in [-0.25, -0.2) is 9.59 Å². The molecule has 1 fully saturated rings. The van der Waals surface area contributed by atoms with E-state index in [4.69, 9.17) is 14.7 Å². The van der Waals surface area contributed by atoms with E-state index in [1.165, 1.54) is 9.13 Å². The number of nitrogens with one attached hydrogen (secondary N) is 1. The van der Waals surface area contributed by atoms with Crippen molar-refractivity contribution in [3.05, 3.63) is 87.2 Å². The minimum absolute atomic E-state index is 0.0196. The monoisotopic (exact) mass is 633 g/mol. The highest BCUT2D eigenvalue weighted by Crippen LogP contribution is 2.26. The summed E-state index contributed by atoms with van der Waals surface area (Å²) in [5, 5.41) is 4.81. The van der Waals surface area contributed by atoms with Crippen LogP contribution in [0.3, 0.4) is 0 Å². The van der Waals surface area contributed by atoms with Crippen molar-refractivity contribution >= 4 is 34.0 Å². The zero-order chi connectivity index (χ0) is 33.3. The predicted molar refractivity (Wildman–Crippen MR) is 184 cm³/mol. The van der Waals surface area contributed by atoms with E-state index in [9.17, 15) is 14.4 Å². The Kier molecular flexibility index (Phi) is 8.60. The maximum atomic E-state index is 14.3. The van der Waals surface area contributed by atoms with Crippen molar-refractivity contribution in [1.29, 1.82) is 0 Å². The van der Waals surface area contributed by atoms with Gasteiger partial charge in [-0.05, 0) is 52.0 Å². The number of ether oxygens (including phenoxy) is 1. The number of anilines is 1. The van der Waals surface area contributed by atoms with Gasteiger partial charge in [0, 0.05) is 37.1 Å². The molecule has 4 heterocycles. The summed E-state index contributed by atoms with van der Waals surface area (Å²) in [7, 11) is 1.63. The fourth-order valence-electron chi connectivity index (χ4n) is 6.10. The topological polar surface area (TPSA) is 116 Å². The van der Waals surface area contributed by atoms with Crippen LogP contribution < -0.4 is 21.5 Å². The fraction of sp³-hybridized carbons (Fsp3) is 0.361. The molecule has 11 heteroatoms. The van der Waals surface area contributed by atoms with Crippen molar-refractivity contribution < 1.29 is 9.53 Å². The Morgan fingerprint density at radius 1 is 1.04 bits per heavy atom. The molecule has 47 heavy (non-hydrogen) atoms. The third-order valence-electron chi connectivity index (χ3n) is 8.25. The normalized spacial score (nSPS) is 15.0. The lowest BCUT2D eigenvalue weighted by Crippen LogP contribution is -2.49. The van der Waals surface area contributed by atoms with Crippen LogP contribution in [-0.4, -0.2) is 54.5 Å². The number of piperidine rings is 1. The first-order valence-electron chi connectivity index (χ1n) is 15.8. The third kappa shape index (κ3) is 6.49. The first-order valence-corrected chi connectivity index (χ1v) is 15.8. The smallest absolute Gasteiger partial charge is 0.407 e. The van der Waals surface area contributed by atoms with Gasteiger partial charge in [0.1, 0.15) is 5.60 Å². The van der Waals surface area contributed by atoms with Crippen LogP contribution in [0.2, 0.25) is 0 Å². The number of pyridine rings is 1. The minimum atomic E-state index is -0.611. The Morgan fingerprint density at radius 3 is 2.53 bits per heavy atom. The number of benzene rings is 2. The summed E-state index contributed by atoms with van der Waals surface area (Å²) in [6.45, 7) is 8.54. The summed E-state index contributed by atoms with van der Waals surface area (Å²) in [6, 6.07) is 19.5. The lowest BCUT2D eigenvalue weighted by Gasteiger charge is -2.34. The number of hydrogen-bond donors (Lipinski definition) is 1. The van der Waals surface area contributed by atoms with Crippen molar-refractivity contribution in [2.75, 3.05) is 18.0 Å². The van der Waals surface area contributed by atoms with Crippen LogP contribution in [-0.2, 0) is 24.9 Å². The molecule has 0 spiro atoms. The summed E-state index contributed by atoms with van der Waals surface area (Å²) >= 11 is 0. The summed E-state index contributed by atoms with van der Waals surface area (Å²) in [5.41, 5.74) is 1.33. The van der Waals surface area contributed by atoms with E-state index in [0.29, 0.717) is 24.7 Å². The number of amides is 1. The van der Waals surface area contributed by atoms with E-state index < -0.39 is 22.9 Å². The lowest BCUT2D eigenvalue weighted by molar-refractivity contribution is 0.0499. The Hall–Kier alpha value is -5.37. The molecule has 1 amide bonds. The van der Waals surface area contributed by atoms with E-state index in [0.717, 1.165) is 34.9 Å². The third-order valence-corrected chi connectivity index (χ3v) is 8.25. The minimum Gasteiger partial charge on any atom is -0.444 e. The molecule has 1 aliphatic rings. The highest BCUT2D eigenvalue weighted by atomic mass is 16.6. The molecule has 1 unspecified atom stereocenters. The Bertz CT molecular complexity index is 2150. The summed E-state index contributed by atoms with van der Waals surface area (Å²) in [6.07, 6.45) is 1.10. The Labute approximate surface area is 272 Å². The summed E-state index contributed by atoms with van der Waals surface area (Å²) in [5.74, 6) is 6.53. The molecule has 1 saturated heterocycles. The van der Waals surface area contributed by atoms with Gasteiger partial charge in [-0.1, -0.05) is 60.5 Å². The van der Waals surface area contributed by atoms with E-state index in [2.05, 4.69) is 17.2 Å². The highest BCUT2D eigenvalue weighted by molar-refractivity contribution is 5.88. The average molecular weight is 634 g/mol. The van der Waals surface area contributed by atoms with Gasteiger partial charge in [-0.2, -0.15) is 4.98 Å². The maximum Gasteiger partial charge on any atom is 0.407 e. The summed E-state index contributed by atoms with van der Waals surface area (Å²) in [4.78, 5) is 52.6. The number of aromatic nitrogens is 5. The highest BCUT2D eigenvalue weighted by Gasteiger charge is 2.29. The molecule has 2 aromatic carbocycles. The first kappa shape index (κ1) is 31.6. The molecular formula is C36H39N7O4. The number of carbonyl (C=O) groups excluding carboxylic acids is 1. The van der Waals surface area contributed by atoms with Crippen LogP contribution in [0.1, 0.15) is 46.2 Å². The van der Waals surface area contributed by atoms with Crippen LogP contribution in [0, 0.1) is 11.8 Å². The van der Waals surface area contributed by atoms with Gasteiger partial charge in [0.25, 0.3) is 5.56 Å². The van der Waals surface area contributed by atoms with Gasteiger partial charge >= 0.3 is 11.8 Å². The van der Waals surface area contributed by atoms with Crippen molar-refractivity contribution in [3.63, 3.8) is 0 Å². The molecule has 3 aromatic heterocycles. The number of hydrogen-bond acceptors (Lipinski definition) is 7. The van der Waals surface area contributed by atoms with Crippen LogP contribution >= 0.6 is 0 Å². The number of alkyl carbamates (subject to hydrolysis) is 1. The lowest BCUT2D eigenvalue weighted by atomic mass is 10.0. The predicted octanol–water partition coefficient (Wildman–Crippen LogP) is 4.68. The van der Waals surface area contributed by atoms with Gasteiger partial charge < -0.3 is 15.0 Å². The largest absolute Gasteiger partial charge is 0.444 e. The second kappa shape index (κ2) is 12.8. The number of rotatable bonds is 6. The maximum absolute atomic E-state index is 14.3. The average Bonchev–Trinajstić information content (AvgIpc) is 3.44. The standard InChI is InChI=1S/C36H39N7O4/c1-6-7-20-42-30-31(39-33(42)41-19-13-17-26(22-41)37-34(45)47-36(2,3)4)40(5)35(46)43(32(30)44)23-29-27-18-12-11-16-25(27)21-28(38-29)24-14-9-8-10-15-24/h8-12,14-16,18,21,26H,13,17,19-20,22-23H2,1-5H3,(H,37,45). The molecule has 1 aliphatic heterocycles. The Morgan fingerprint density at radius 2 is 1.79 bits per heavy atom. The molecule has 6 rings (SSSR count). The van der Waals surface area contributed by atoms with Crippen LogP contribution in [0.15, 0.2) is 70.3 Å². The molecule has 0 radical (unpaired) electrons. The molecular weight excluding hydrogens is 594 g/mol. The summed E-state index contributed by atoms with van der Waals surface area (Å²) < 4.78 is 9.91. The van der Waals surface area contributed by atoms with Crippen LogP contribution in [0.4, 0.5) is 10.7 Å². The number of imidazole rings is 1. The SMILES string of the molecule is CC#CCn1c(N2CCCC(NC(=O)OC(C)(C)C)C2)nc2c1c(=O)n(Cc1nc(-c3ccccc3)cc3ccccc13)c(=O)n2C. The molecule has 1 N–H and O–H groups in total. The van der Waals surface area contributed by atoms with E-state index in [1.54, 1.807) is 18.5 Å². The zero-order valence-electron chi connectivity index (χ0n) is 27.4. The van der Waals surface area contributed by atoms with E-state index >= 15 is 0 Å². The molecule has 242 valence electrons. The van der Waals surface area contributed by atoms with Gasteiger partial charge in [0.2, 0.25) is 5.95 Å². The van der Waals surface area contributed by atoms with Gasteiger partial charge in [0.05, 0.1) is 24.5 Å². The molecule has 0 saturated carbocycles. The van der Waals surface area contributed by atoms with Gasteiger partial charge in [0.15, 0.2) is 11.2 Å². The molecule has 5 aromatic rings. The molecule has 0 bridgehead atoms. The fourth-order valence-corrected chi connectivity index (χ4v) is 6.10. The van der Waals surface area contributed by atoms with E-state index in [-0.39, 0.29) is 30.3 Å². The zero-order valence-corrected chi connectivity index (χ0v) is 27.4. The number of aryl methyl sites for hydroxylation is 1. The first-order chi connectivity index (χ1) is 22.5. The molecule has 0 aliphatic carbocycles. The van der Waals surface area contributed by atoms with Crippen LogP contribution in [0.25, 0.3) is 33.2 Å². The molecule has 11 nitrogen and oxygen atoms in total. The van der Waals surface area contributed by atoms with Crippen molar-refractivity contribution in [1.82, 2.24) is 29.0 Å². The quantitative estimate of drug-likeness (QED) is 0.270. The number of nitrogens with zero attached hydrogens (tertiary/aromatic N) is 6. The number of fused-ring (bicyclic) bond motifs is 2. The van der Waals surface area contributed by atoms with Crippen molar-refractivity contribution in [2.45, 2.75) is 65.3 Å². The molecule has 1 atom stereocenters.